The van der Waals surface area contributed by atoms with Gasteiger partial charge in [-0.2, -0.15) is 0 Å². The van der Waals surface area contributed by atoms with Crippen molar-refractivity contribution >= 4 is 34.9 Å². The predicted molar refractivity (Wildman–Crippen MR) is 80.0 cm³/mol. The average Bonchev–Trinajstić information content (AvgIpc) is 2.74. The molecule has 0 saturated carbocycles. The van der Waals surface area contributed by atoms with Gasteiger partial charge in [-0.05, 0) is 42.5 Å². The van der Waals surface area contributed by atoms with Crippen molar-refractivity contribution in [2.45, 2.75) is 0 Å². The van der Waals surface area contributed by atoms with Crippen LogP contribution in [0.15, 0.2) is 36.4 Å². The van der Waals surface area contributed by atoms with Gasteiger partial charge in [-0.1, -0.05) is 11.6 Å². The number of benzene rings is 2. The second-order valence-electron chi connectivity index (χ2n) is 4.24. The van der Waals surface area contributed by atoms with E-state index >= 15 is 0 Å². The molecule has 0 aliphatic carbocycles. The highest BCUT2D eigenvalue weighted by Crippen LogP contribution is 2.29. The summed E-state index contributed by atoms with van der Waals surface area (Å²) in [6.07, 6.45) is 0. The van der Waals surface area contributed by atoms with Crippen molar-refractivity contribution in [3.63, 3.8) is 0 Å². The van der Waals surface area contributed by atoms with Gasteiger partial charge in [0.15, 0.2) is 4.77 Å². The molecule has 0 bridgehead atoms. The lowest BCUT2D eigenvalue weighted by Crippen LogP contribution is -1.98. The number of nitrogens with zero attached hydrogens (tertiary/aromatic N) is 1. The average molecular weight is 309 g/mol. The number of hydrogen-bond donors (Lipinski definition) is 1. The van der Waals surface area contributed by atoms with Crippen LogP contribution < -0.4 is 4.74 Å². The molecular formula is C14H10ClFN2OS. The summed E-state index contributed by atoms with van der Waals surface area (Å²) in [6, 6.07) is 9.73. The smallest absolute Gasteiger partial charge is 0.182 e. The zero-order chi connectivity index (χ0) is 14.3. The standard InChI is InChI=1S/C14H10ClFN2OS/c1-19-13-7-9(16)3-5-11(13)18-12-6-8(15)2-4-10(12)17-14(18)20/h2-7H,1H3,(H,17,20). The molecule has 1 N–H and O–H groups in total. The van der Waals surface area contributed by atoms with Gasteiger partial charge in [-0.15, -0.1) is 0 Å². The zero-order valence-corrected chi connectivity index (χ0v) is 12.1. The molecule has 0 unspecified atom stereocenters. The molecule has 1 heterocycles. The fourth-order valence-corrected chi connectivity index (χ4v) is 2.62. The number of aromatic amines is 1. The largest absolute Gasteiger partial charge is 0.494 e. The third-order valence-electron chi connectivity index (χ3n) is 3.03. The molecular weight excluding hydrogens is 299 g/mol. The van der Waals surface area contributed by atoms with Gasteiger partial charge in [0.05, 0.1) is 23.8 Å². The minimum Gasteiger partial charge on any atom is -0.494 e. The molecule has 0 amide bonds. The van der Waals surface area contributed by atoms with Crippen LogP contribution in [0.1, 0.15) is 0 Å². The Balaban J connectivity index is 2.37. The third-order valence-corrected chi connectivity index (χ3v) is 3.55. The highest BCUT2D eigenvalue weighted by atomic mass is 35.5. The second kappa shape index (κ2) is 4.92. The van der Waals surface area contributed by atoms with Crippen molar-refractivity contribution < 1.29 is 9.13 Å². The van der Waals surface area contributed by atoms with E-state index in [1.54, 1.807) is 22.8 Å². The number of imidazole rings is 1. The van der Waals surface area contributed by atoms with E-state index in [4.69, 9.17) is 28.6 Å². The highest BCUT2D eigenvalue weighted by Gasteiger charge is 2.12. The van der Waals surface area contributed by atoms with Gasteiger partial charge in [0.1, 0.15) is 11.6 Å². The number of ether oxygens (including phenoxy) is 1. The lowest BCUT2D eigenvalue weighted by atomic mass is 10.2. The van der Waals surface area contributed by atoms with E-state index in [1.807, 2.05) is 6.07 Å². The second-order valence-corrected chi connectivity index (χ2v) is 5.07. The Bertz CT molecular complexity index is 856. The molecule has 6 heteroatoms. The van der Waals surface area contributed by atoms with E-state index in [0.717, 1.165) is 11.0 Å². The number of fused-ring (bicyclic) bond motifs is 1. The van der Waals surface area contributed by atoms with Crippen LogP contribution in [0.4, 0.5) is 4.39 Å². The first-order chi connectivity index (χ1) is 9.60. The molecule has 0 spiro atoms. The topological polar surface area (TPSA) is 29.9 Å². The number of methoxy groups -OCH3 is 1. The van der Waals surface area contributed by atoms with E-state index in [0.29, 0.717) is 21.2 Å². The van der Waals surface area contributed by atoms with Crippen molar-refractivity contribution in [3.05, 3.63) is 52.0 Å². The molecule has 0 radical (unpaired) electrons. The van der Waals surface area contributed by atoms with Gasteiger partial charge >= 0.3 is 0 Å². The molecule has 0 aliphatic heterocycles. The summed E-state index contributed by atoms with van der Waals surface area (Å²) >= 11 is 11.4. The van der Waals surface area contributed by atoms with Crippen LogP contribution in [0.25, 0.3) is 16.7 Å². The van der Waals surface area contributed by atoms with E-state index in [9.17, 15) is 4.39 Å². The van der Waals surface area contributed by atoms with Gasteiger partial charge in [0, 0.05) is 11.1 Å². The van der Waals surface area contributed by atoms with Crippen LogP contribution >= 0.6 is 23.8 Å². The van der Waals surface area contributed by atoms with E-state index in [2.05, 4.69) is 4.98 Å². The Morgan fingerprint density at radius 3 is 2.80 bits per heavy atom. The van der Waals surface area contributed by atoms with Gasteiger partial charge in [0.2, 0.25) is 0 Å². The molecule has 0 saturated heterocycles. The SMILES string of the molecule is COc1cc(F)ccc1-n1c(=S)[nH]c2ccc(Cl)cc21. The summed E-state index contributed by atoms with van der Waals surface area (Å²) in [4.78, 5) is 3.09. The molecule has 0 fully saturated rings. The first-order valence-electron chi connectivity index (χ1n) is 5.84. The van der Waals surface area contributed by atoms with Gasteiger partial charge in [0.25, 0.3) is 0 Å². The minimum atomic E-state index is -0.366. The molecule has 3 rings (SSSR count). The third kappa shape index (κ3) is 2.09. The summed E-state index contributed by atoms with van der Waals surface area (Å²) in [5.74, 6) is 0.0389. The van der Waals surface area contributed by atoms with Crippen LogP contribution in [0.5, 0.6) is 5.75 Å². The number of rotatable bonds is 2. The summed E-state index contributed by atoms with van der Waals surface area (Å²) in [7, 11) is 1.49. The normalized spacial score (nSPS) is 10.9. The predicted octanol–water partition coefficient (Wildman–Crippen LogP) is 4.49. The summed E-state index contributed by atoms with van der Waals surface area (Å²) < 4.78 is 20.8. The first-order valence-corrected chi connectivity index (χ1v) is 6.63. The van der Waals surface area contributed by atoms with Crippen LogP contribution in [0.2, 0.25) is 5.02 Å². The summed E-state index contributed by atoms with van der Waals surface area (Å²) in [6.45, 7) is 0. The Morgan fingerprint density at radius 1 is 1.25 bits per heavy atom. The Morgan fingerprint density at radius 2 is 2.05 bits per heavy atom. The van der Waals surface area contributed by atoms with Crippen molar-refractivity contribution in [3.8, 4) is 11.4 Å². The molecule has 3 nitrogen and oxygen atoms in total. The maximum absolute atomic E-state index is 13.3. The van der Waals surface area contributed by atoms with Gasteiger partial charge < -0.3 is 9.72 Å². The van der Waals surface area contributed by atoms with Crippen LogP contribution in [-0.2, 0) is 0 Å². The molecule has 1 aromatic heterocycles. The molecule has 3 aromatic rings. The molecule has 20 heavy (non-hydrogen) atoms. The van der Waals surface area contributed by atoms with E-state index in [1.165, 1.54) is 19.2 Å². The minimum absolute atomic E-state index is 0.366. The number of aromatic nitrogens is 2. The van der Waals surface area contributed by atoms with Crippen molar-refractivity contribution in [1.29, 1.82) is 0 Å². The number of hydrogen-bond acceptors (Lipinski definition) is 2. The maximum Gasteiger partial charge on any atom is 0.182 e. The van der Waals surface area contributed by atoms with E-state index < -0.39 is 0 Å². The number of halogens is 2. The molecule has 2 aromatic carbocycles. The monoisotopic (exact) mass is 308 g/mol. The highest BCUT2D eigenvalue weighted by molar-refractivity contribution is 7.71. The molecule has 0 atom stereocenters. The molecule has 102 valence electrons. The number of nitrogens with one attached hydrogen (secondary N) is 1. The van der Waals surface area contributed by atoms with Gasteiger partial charge in [-0.25, -0.2) is 4.39 Å². The van der Waals surface area contributed by atoms with E-state index in [-0.39, 0.29) is 5.82 Å². The Hall–Kier alpha value is -1.85. The zero-order valence-electron chi connectivity index (χ0n) is 10.5. The quantitative estimate of drug-likeness (QED) is 0.707. The Kier molecular flexibility index (Phi) is 3.23. The van der Waals surface area contributed by atoms with Crippen molar-refractivity contribution in [2.24, 2.45) is 0 Å². The van der Waals surface area contributed by atoms with Crippen molar-refractivity contribution in [1.82, 2.24) is 9.55 Å². The van der Waals surface area contributed by atoms with Gasteiger partial charge in [-0.3, -0.25) is 4.57 Å². The van der Waals surface area contributed by atoms with Crippen molar-refractivity contribution in [2.75, 3.05) is 7.11 Å². The lowest BCUT2D eigenvalue weighted by molar-refractivity contribution is 0.409. The summed E-state index contributed by atoms with van der Waals surface area (Å²) in [5.41, 5.74) is 2.32. The fraction of sp³-hybridized carbons (Fsp3) is 0.0714. The van der Waals surface area contributed by atoms with Crippen LogP contribution in [0.3, 0.4) is 0 Å². The lowest BCUT2D eigenvalue weighted by Gasteiger charge is -2.10. The maximum atomic E-state index is 13.3. The van der Waals surface area contributed by atoms with Crippen LogP contribution in [-0.4, -0.2) is 16.7 Å². The van der Waals surface area contributed by atoms with Crippen LogP contribution in [0, 0.1) is 10.6 Å². The Labute approximate surface area is 124 Å². The summed E-state index contributed by atoms with van der Waals surface area (Å²) in [5, 5.41) is 0.598. The first kappa shape index (κ1) is 13.1. The number of H-pyrrole nitrogens is 1. The molecule has 0 aliphatic rings. The fourth-order valence-electron chi connectivity index (χ4n) is 2.15.